The largest absolute Gasteiger partial charge is 0.385 e. The van der Waals surface area contributed by atoms with Crippen LogP contribution in [0.4, 0.5) is 5.82 Å². The number of rotatable bonds is 9. The van der Waals surface area contributed by atoms with Gasteiger partial charge < -0.3 is 20.4 Å². The van der Waals surface area contributed by atoms with Crippen LogP contribution in [0.1, 0.15) is 49.5 Å². The summed E-state index contributed by atoms with van der Waals surface area (Å²) in [5.74, 6) is 1.39. The van der Waals surface area contributed by atoms with Gasteiger partial charge in [-0.3, -0.25) is 4.90 Å². The number of H-pyrrole nitrogens is 1. The van der Waals surface area contributed by atoms with E-state index in [9.17, 15) is 0 Å². The van der Waals surface area contributed by atoms with Crippen LogP contribution in [0.25, 0.3) is 33.3 Å². The maximum atomic E-state index is 6.47. The van der Waals surface area contributed by atoms with Crippen LogP contribution in [0.5, 0.6) is 0 Å². The average Bonchev–Trinajstić information content (AvgIpc) is 3.64. The Kier molecular flexibility index (Phi) is 8.62. The predicted octanol–water partition coefficient (Wildman–Crippen LogP) is 5.44. The highest BCUT2D eigenvalue weighted by atomic mass is 79.9. The van der Waals surface area contributed by atoms with E-state index in [2.05, 4.69) is 70.7 Å². The number of nitrogens with two attached hydrogens (primary N) is 1. The number of anilines is 1. The number of imidazole rings is 1. The third kappa shape index (κ3) is 5.98. The molecule has 1 aliphatic carbocycles. The van der Waals surface area contributed by atoms with E-state index >= 15 is 0 Å². The highest BCUT2D eigenvalue weighted by Gasteiger charge is 2.31. The summed E-state index contributed by atoms with van der Waals surface area (Å²) < 4.78 is 8.44. The maximum absolute atomic E-state index is 6.47. The van der Waals surface area contributed by atoms with Crippen molar-refractivity contribution < 1.29 is 4.74 Å². The van der Waals surface area contributed by atoms with E-state index < -0.39 is 0 Å². The number of fused-ring (bicyclic) bond motifs is 2. The summed E-state index contributed by atoms with van der Waals surface area (Å²) >= 11 is 3.66. The molecule has 11 heteroatoms. The molecule has 0 bridgehead atoms. The molecular weight excluding hydrogens is 618 g/mol. The molecule has 230 valence electrons. The Morgan fingerprint density at radius 1 is 1.00 bits per heavy atom. The highest BCUT2D eigenvalue weighted by Crippen LogP contribution is 2.37. The first-order valence-corrected chi connectivity index (χ1v) is 16.5. The number of nitrogens with zero attached hydrogens (tertiary/aromatic N) is 7. The van der Waals surface area contributed by atoms with Crippen LogP contribution in [0.3, 0.4) is 0 Å². The topological polar surface area (TPSA) is 114 Å². The van der Waals surface area contributed by atoms with Gasteiger partial charge in [-0.1, -0.05) is 40.2 Å². The number of aromatic amines is 1. The van der Waals surface area contributed by atoms with Crippen LogP contribution in [-0.4, -0.2) is 92.0 Å². The molecule has 3 aromatic heterocycles. The molecule has 4 heterocycles. The Hall–Kier alpha value is -3.38. The fourth-order valence-electron chi connectivity index (χ4n) is 7.02. The third-order valence-electron chi connectivity index (χ3n) is 9.40. The van der Waals surface area contributed by atoms with Crippen molar-refractivity contribution in [2.24, 2.45) is 0 Å². The molecule has 0 radical (unpaired) electrons. The van der Waals surface area contributed by atoms with Gasteiger partial charge in [0.15, 0.2) is 5.65 Å². The molecular formula is C33H40BrN9O. The second kappa shape index (κ2) is 12.9. The maximum Gasteiger partial charge on any atom is 0.164 e. The zero-order valence-electron chi connectivity index (χ0n) is 25.3. The minimum absolute atomic E-state index is 0.289. The van der Waals surface area contributed by atoms with Gasteiger partial charge in [0.25, 0.3) is 0 Å². The molecule has 1 saturated carbocycles. The first kappa shape index (κ1) is 29.3. The average molecular weight is 659 g/mol. The Bertz CT molecular complexity index is 1730. The number of ether oxygens (including phenoxy) is 1. The lowest BCUT2D eigenvalue weighted by Gasteiger charge is -2.42. The molecule has 3 N–H and O–H groups in total. The highest BCUT2D eigenvalue weighted by molar-refractivity contribution is 9.10. The lowest BCUT2D eigenvalue weighted by Crippen LogP contribution is -2.51. The molecule has 0 amide bonds. The zero-order chi connectivity index (χ0) is 30.0. The fraction of sp³-hybridized carbons (Fsp3) is 0.455. The van der Waals surface area contributed by atoms with Gasteiger partial charge in [0, 0.05) is 68.9 Å². The summed E-state index contributed by atoms with van der Waals surface area (Å²) in [7, 11) is 1.78. The minimum Gasteiger partial charge on any atom is -0.385 e. The number of hydrogen-bond acceptors (Lipinski definition) is 8. The van der Waals surface area contributed by atoms with Crippen molar-refractivity contribution in [3.8, 4) is 11.3 Å². The van der Waals surface area contributed by atoms with Crippen molar-refractivity contribution in [1.29, 1.82) is 0 Å². The summed E-state index contributed by atoms with van der Waals surface area (Å²) in [5, 5.41) is 6.00. The fourth-order valence-corrected chi connectivity index (χ4v) is 7.44. The monoisotopic (exact) mass is 657 g/mol. The first-order valence-electron chi connectivity index (χ1n) is 15.7. The number of halogens is 1. The number of benzene rings is 2. The van der Waals surface area contributed by atoms with Crippen molar-refractivity contribution in [2.75, 3.05) is 52.2 Å². The van der Waals surface area contributed by atoms with E-state index in [-0.39, 0.29) is 6.04 Å². The van der Waals surface area contributed by atoms with Gasteiger partial charge in [-0.2, -0.15) is 5.10 Å². The van der Waals surface area contributed by atoms with E-state index in [1.807, 2.05) is 12.1 Å². The standard InChI is InChI=1S/C33H40BrN9O/c1-44-18-4-13-41-14-16-42(17-15-41)24-8-10-25(11-9-24)43-33-30(32(35)36-21-37-33)31(40-43)23-7-12-27-28(19-23)39-29(38-27)20-22-5-2-3-6-26(22)34/h2-3,5-7,12,19,21,24-25H,4,8-11,13-18,20H2,1H3,(H,38,39)(H2,35,36,37)/t24-,25+. The van der Waals surface area contributed by atoms with E-state index in [1.165, 1.54) is 18.4 Å². The molecule has 2 fully saturated rings. The van der Waals surface area contributed by atoms with Gasteiger partial charge in [0.2, 0.25) is 0 Å². The van der Waals surface area contributed by atoms with Crippen molar-refractivity contribution in [3.63, 3.8) is 0 Å². The van der Waals surface area contributed by atoms with Crippen LogP contribution < -0.4 is 5.73 Å². The van der Waals surface area contributed by atoms with E-state index in [1.54, 1.807) is 13.4 Å². The molecule has 2 aromatic carbocycles. The van der Waals surface area contributed by atoms with Crippen molar-refractivity contribution in [3.05, 3.63) is 64.7 Å². The number of hydrogen-bond donors (Lipinski definition) is 2. The van der Waals surface area contributed by atoms with Gasteiger partial charge in [0.05, 0.1) is 22.5 Å². The second-order valence-corrected chi connectivity index (χ2v) is 13.0. The van der Waals surface area contributed by atoms with E-state index in [0.29, 0.717) is 11.9 Å². The van der Waals surface area contributed by atoms with E-state index in [0.717, 1.165) is 109 Å². The lowest BCUT2D eigenvalue weighted by molar-refractivity contribution is 0.0662. The molecule has 10 nitrogen and oxygen atoms in total. The molecule has 44 heavy (non-hydrogen) atoms. The predicted molar refractivity (Wildman–Crippen MR) is 178 cm³/mol. The lowest BCUT2D eigenvalue weighted by atomic mass is 9.90. The number of nitrogens with one attached hydrogen (secondary N) is 1. The van der Waals surface area contributed by atoms with E-state index in [4.69, 9.17) is 25.5 Å². The Morgan fingerprint density at radius 2 is 1.80 bits per heavy atom. The first-order chi connectivity index (χ1) is 21.6. The summed E-state index contributed by atoms with van der Waals surface area (Å²) in [5.41, 5.74) is 12.2. The van der Waals surface area contributed by atoms with Crippen LogP contribution in [0.15, 0.2) is 53.3 Å². The Labute approximate surface area is 266 Å². The molecule has 0 unspecified atom stereocenters. The summed E-state index contributed by atoms with van der Waals surface area (Å²) in [6.07, 6.45) is 7.89. The number of piperazine rings is 1. The minimum atomic E-state index is 0.289. The summed E-state index contributed by atoms with van der Waals surface area (Å²) in [6.45, 7) is 6.59. The molecule has 2 aliphatic rings. The van der Waals surface area contributed by atoms with Crippen LogP contribution >= 0.6 is 15.9 Å². The SMILES string of the molecule is COCCCN1CCN([C@H]2CC[C@@H](n3nc(-c4ccc5[nH]c(Cc6ccccc6Br)nc5c4)c4c(N)ncnc43)CC2)CC1. The van der Waals surface area contributed by atoms with Crippen LogP contribution in [0, 0.1) is 0 Å². The number of nitrogen functional groups attached to an aromatic ring is 1. The zero-order valence-corrected chi connectivity index (χ0v) is 26.8. The van der Waals surface area contributed by atoms with Gasteiger partial charge in [-0.05, 0) is 55.9 Å². The van der Waals surface area contributed by atoms with Gasteiger partial charge >= 0.3 is 0 Å². The number of aromatic nitrogens is 6. The molecule has 1 aliphatic heterocycles. The Morgan fingerprint density at radius 3 is 2.59 bits per heavy atom. The Balaban J connectivity index is 1.08. The second-order valence-electron chi connectivity index (χ2n) is 12.1. The van der Waals surface area contributed by atoms with Crippen LogP contribution in [-0.2, 0) is 11.2 Å². The third-order valence-corrected chi connectivity index (χ3v) is 10.2. The molecule has 7 rings (SSSR count). The van der Waals surface area contributed by atoms with Crippen molar-refractivity contribution in [2.45, 2.75) is 50.6 Å². The van der Waals surface area contributed by atoms with Crippen molar-refractivity contribution >= 4 is 43.8 Å². The quantitative estimate of drug-likeness (QED) is 0.201. The van der Waals surface area contributed by atoms with Crippen molar-refractivity contribution in [1.82, 2.24) is 39.5 Å². The molecule has 5 aromatic rings. The summed E-state index contributed by atoms with van der Waals surface area (Å²) in [4.78, 5) is 22.7. The molecule has 1 saturated heterocycles. The van der Waals surface area contributed by atoms with Gasteiger partial charge in [-0.15, -0.1) is 0 Å². The van der Waals surface area contributed by atoms with Gasteiger partial charge in [0.1, 0.15) is 23.7 Å². The molecule has 0 atom stereocenters. The summed E-state index contributed by atoms with van der Waals surface area (Å²) in [6, 6.07) is 15.4. The smallest absolute Gasteiger partial charge is 0.164 e. The normalized spacial score (nSPS) is 20.1. The number of methoxy groups -OCH3 is 1. The van der Waals surface area contributed by atoms with Crippen LogP contribution in [0.2, 0.25) is 0 Å². The van der Waals surface area contributed by atoms with Gasteiger partial charge in [-0.25, -0.2) is 19.6 Å². The molecule has 0 spiro atoms.